The number of nitriles is 1. The van der Waals surface area contributed by atoms with E-state index in [0.29, 0.717) is 6.42 Å². The second kappa shape index (κ2) is 6.13. The highest BCUT2D eigenvalue weighted by Gasteiger charge is 2.23. The van der Waals surface area contributed by atoms with Gasteiger partial charge in [0, 0.05) is 0 Å². The number of hydrogen-bond acceptors (Lipinski definition) is 4. The van der Waals surface area contributed by atoms with Gasteiger partial charge in [-0.15, -0.1) is 6.58 Å². The number of nitrogens with one attached hydrogen (secondary N) is 1. The van der Waals surface area contributed by atoms with Crippen molar-refractivity contribution in [3.8, 4) is 6.07 Å². The Labute approximate surface area is 95.7 Å². The summed E-state index contributed by atoms with van der Waals surface area (Å²) in [6, 6.07) is 0.959. The third-order valence-electron chi connectivity index (χ3n) is 1.64. The average Bonchev–Trinajstić information content (AvgIpc) is 2.13. The molecule has 1 amide bonds. The number of alkyl carbamates (subject to hydrolysis) is 1. The zero-order valence-corrected chi connectivity index (χ0v) is 9.86. The van der Waals surface area contributed by atoms with Crippen molar-refractivity contribution in [2.75, 3.05) is 0 Å². The van der Waals surface area contributed by atoms with Crippen LogP contribution in [0.4, 0.5) is 4.79 Å². The molecule has 5 nitrogen and oxygen atoms in total. The molecule has 5 heteroatoms. The normalized spacial score (nSPS) is 14.4. The molecule has 16 heavy (non-hydrogen) atoms. The molecule has 0 rings (SSSR count). The summed E-state index contributed by atoms with van der Waals surface area (Å²) in [5.41, 5.74) is -0.611. The molecule has 2 atom stereocenters. The van der Waals surface area contributed by atoms with Crippen molar-refractivity contribution in [3.05, 3.63) is 12.7 Å². The molecule has 1 unspecified atom stereocenters. The van der Waals surface area contributed by atoms with Crippen LogP contribution in [0.2, 0.25) is 0 Å². The second-order valence-electron chi connectivity index (χ2n) is 4.35. The molecule has 0 fully saturated rings. The van der Waals surface area contributed by atoms with E-state index in [1.54, 1.807) is 26.8 Å². The number of ether oxygens (including phenoxy) is 1. The lowest BCUT2D eigenvalue weighted by Crippen LogP contribution is -2.44. The summed E-state index contributed by atoms with van der Waals surface area (Å²) in [7, 11) is 0. The average molecular weight is 226 g/mol. The van der Waals surface area contributed by atoms with Crippen LogP contribution in [0.1, 0.15) is 27.2 Å². The van der Waals surface area contributed by atoms with Crippen LogP contribution in [-0.2, 0) is 4.74 Å². The number of aliphatic hydroxyl groups is 1. The van der Waals surface area contributed by atoms with Gasteiger partial charge in [0.25, 0.3) is 0 Å². The Hall–Kier alpha value is -1.54. The molecule has 0 heterocycles. The van der Waals surface area contributed by atoms with E-state index >= 15 is 0 Å². The van der Waals surface area contributed by atoms with Gasteiger partial charge in [0.05, 0.1) is 12.1 Å². The van der Waals surface area contributed by atoms with Gasteiger partial charge in [-0.1, -0.05) is 6.08 Å². The third-order valence-corrected chi connectivity index (χ3v) is 1.64. The fourth-order valence-electron chi connectivity index (χ4n) is 0.995. The van der Waals surface area contributed by atoms with Crippen LogP contribution in [-0.4, -0.2) is 28.9 Å². The summed E-state index contributed by atoms with van der Waals surface area (Å²) in [6.07, 6.45) is -0.115. The van der Waals surface area contributed by atoms with Gasteiger partial charge in [0.1, 0.15) is 5.60 Å². The van der Waals surface area contributed by atoms with E-state index in [0.717, 1.165) is 0 Å². The zero-order chi connectivity index (χ0) is 12.8. The van der Waals surface area contributed by atoms with Crippen molar-refractivity contribution in [2.45, 2.75) is 44.9 Å². The number of amides is 1. The van der Waals surface area contributed by atoms with Crippen LogP contribution in [0.5, 0.6) is 0 Å². The van der Waals surface area contributed by atoms with Gasteiger partial charge in [0.2, 0.25) is 0 Å². The summed E-state index contributed by atoms with van der Waals surface area (Å²) in [6.45, 7) is 8.68. The van der Waals surface area contributed by atoms with E-state index in [9.17, 15) is 9.90 Å². The van der Waals surface area contributed by atoms with Gasteiger partial charge >= 0.3 is 6.09 Å². The first kappa shape index (κ1) is 14.5. The highest BCUT2D eigenvalue weighted by Crippen LogP contribution is 2.08. The standard InChI is InChI=1S/C11H18N2O3/c1-5-6-8(9(14)7-12)13-10(15)16-11(2,3)4/h5,8-9,14H,1,6H2,2-4H3,(H,13,15)/t8-,9?/m0/s1. The van der Waals surface area contributed by atoms with Crippen LogP contribution < -0.4 is 5.32 Å². The summed E-state index contributed by atoms with van der Waals surface area (Å²) < 4.78 is 5.00. The van der Waals surface area contributed by atoms with E-state index in [4.69, 9.17) is 10.00 Å². The lowest BCUT2D eigenvalue weighted by atomic mass is 10.1. The number of rotatable bonds is 4. The van der Waals surface area contributed by atoms with Gasteiger partial charge in [-0.2, -0.15) is 5.26 Å². The summed E-state index contributed by atoms with van der Waals surface area (Å²) in [5, 5.41) is 20.3. The molecule has 0 aliphatic carbocycles. The fourth-order valence-corrected chi connectivity index (χ4v) is 0.995. The Bertz CT molecular complexity index is 289. The number of nitrogens with zero attached hydrogens (tertiary/aromatic N) is 1. The summed E-state index contributed by atoms with van der Waals surface area (Å²) in [4.78, 5) is 11.4. The van der Waals surface area contributed by atoms with Gasteiger partial charge in [-0.05, 0) is 27.2 Å². The smallest absolute Gasteiger partial charge is 0.408 e. The fraction of sp³-hybridized carbons (Fsp3) is 0.636. The molecule has 2 N–H and O–H groups in total. The minimum Gasteiger partial charge on any atom is -0.444 e. The SMILES string of the molecule is C=CC[C@H](NC(=O)OC(C)(C)C)C(O)C#N. The maximum Gasteiger partial charge on any atom is 0.408 e. The van der Waals surface area contributed by atoms with Gasteiger partial charge in [-0.3, -0.25) is 0 Å². The van der Waals surface area contributed by atoms with E-state index in [1.165, 1.54) is 6.08 Å². The third kappa shape index (κ3) is 6.04. The van der Waals surface area contributed by atoms with Crippen LogP contribution in [0.15, 0.2) is 12.7 Å². The molecule has 0 saturated heterocycles. The lowest BCUT2D eigenvalue weighted by Gasteiger charge is -2.23. The molecular formula is C11H18N2O3. The monoisotopic (exact) mass is 226 g/mol. The molecule has 0 radical (unpaired) electrons. The minimum atomic E-state index is -1.27. The van der Waals surface area contributed by atoms with Crippen molar-refractivity contribution < 1.29 is 14.6 Å². The number of aliphatic hydroxyl groups excluding tert-OH is 1. The minimum absolute atomic E-state index is 0.300. The Morgan fingerprint density at radius 3 is 2.62 bits per heavy atom. The van der Waals surface area contributed by atoms with Crippen LogP contribution in [0.3, 0.4) is 0 Å². The number of hydrogen-bond donors (Lipinski definition) is 2. The maximum atomic E-state index is 11.4. The molecule has 0 aromatic carbocycles. The molecule has 0 bridgehead atoms. The molecule has 0 aliphatic heterocycles. The van der Waals surface area contributed by atoms with E-state index < -0.39 is 23.8 Å². The molecule has 0 spiro atoms. The van der Waals surface area contributed by atoms with E-state index in [-0.39, 0.29) is 0 Å². The molecule has 0 aromatic heterocycles. The van der Waals surface area contributed by atoms with Crippen molar-refractivity contribution in [2.24, 2.45) is 0 Å². The topological polar surface area (TPSA) is 82.3 Å². The van der Waals surface area contributed by atoms with Crippen LogP contribution >= 0.6 is 0 Å². The predicted octanol–water partition coefficient (Wildman–Crippen LogP) is 1.34. The van der Waals surface area contributed by atoms with Crippen molar-refractivity contribution in [3.63, 3.8) is 0 Å². The van der Waals surface area contributed by atoms with E-state index in [2.05, 4.69) is 11.9 Å². The Balaban J connectivity index is 4.36. The first-order valence-electron chi connectivity index (χ1n) is 4.98. The second-order valence-corrected chi connectivity index (χ2v) is 4.35. The number of carbonyl (C=O) groups excluding carboxylic acids is 1. The maximum absolute atomic E-state index is 11.4. The Morgan fingerprint density at radius 1 is 1.69 bits per heavy atom. The number of carbonyl (C=O) groups is 1. The molecular weight excluding hydrogens is 208 g/mol. The quantitative estimate of drug-likeness (QED) is 0.559. The molecule has 90 valence electrons. The Morgan fingerprint density at radius 2 is 2.25 bits per heavy atom. The molecule has 0 aromatic rings. The molecule has 0 aliphatic rings. The van der Waals surface area contributed by atoms with E-state index in [1.807, 2.05) is 0 Å². The van der Waals surface area contributed by atoms with Crippen LogP contribution in [0, 0.1) is 11.3 Å². The highest BCUT2D eigenvalue weighted by molar-refractivity contribution is 5.68. The van der Waals surface area contributed by atoms with Crippen molar-refractivity contribution in [1.29, 1.82) is 5.26 Å². The van der Waals surface area contributed by atoms with Crippen molar-refractivity contribution in [1.82, 2.24) is 5.32 Å². The predicted molar refractivity (Wildman–Crippen MR) is 59.6 cm³/mol. The molecule has 0 saturated carbocycles. The van der Waals surface area contributed by atoms with Gasteiger partial charge in [-0.25, -0.2) is 4.79 Å². The Kier molecular flexibility index (Phi) is 5.54. The van der Waals surface area contributed by atoms with Gasteiger partial charge < -0.3 is 15.2 Å². The highest BCUT2D eigenvalue weighted by atomic mass is 16.6. The van der Waals surface area contributed by atoms with Crippen molar-refractivity contribution >= 4 is 6.09 Å². The largest absolute Gasteiger partial charge is 0.444 e. The summed E-state index contributed by atoms with van der Waals surface area (Å²) >= 11 is 0. The first-order chi connectivity index (χ1) is 7.30. The van der Waals surface area contributed by atoms with Gasteiger partial charge in [0.15, 0.2) is 6.10 Å². The zero-order valence-electron chi connectivity index (χ0n) is 9.86. The lowest BCUT2D eigenvalue weighted by molar-refractivity contribution is 0.0460. The first-order valence-corrected chi connectivity index (χ1v) is 4.98. The summed E-state index contributed by atoms with van der Waals surface area (Å²) in [5.74, 6) is 0. The van der Waals surface area contributed by atoms with Crippen LogP contribution in [0.25, 0.3) is 0 Å².